The number of nitrogens with zero attached hydrogens (tertiary/aromatic N) is 5. The fourth-order valence-electron chi connectivity index (χ4n) is 3.71. The number of anilines is 1. The number of hydrogen-bond acceptors (Lipinski definition) is 7. The molecule has 1 fully saturated rings. The molecule has 2 aromatic carbocycles. The van der Waals surface area contributed by atoms with Gasteiger partial charge < -0.3 is 4.90 Å². The average Bonchev–Trinajstić information content (AvgIpc) is 2.84. The van der Waals surface area contributed by atoms with Crippen molar-refractivity contribution in [3.8, 4) is 0 Å². The number of hydrazone groups is 1. The van der Waals surface area contributed by atoms with E-state index in [1.807, 2.05) is 0 Å². The monoisotopic (exact) mass is 505 g/mol. The van der Waals surface area contributed by atoms with E-state index in [0.717, 1.165) is 6.07 Å². The number of sulfonamides is 1. The van der Waals surface area contributed by atoms with E-state index in [0.29, 0.717) is 10.7 Å². The van der Waals surface area contributed by atoms with Gasteiger partial charge in [-0.05, 0) is 30.3 Å². The molecule has 0 bridgehead atoms. The standard InChI is InChI=1S/C21H20ClN5O6S/c22-15-4-6-16(7-5-15)26-20(28)9-8-19(23-26)21(29)24-10-12-25(13-11-24)34(32,33)18-3-1-2-17(14-18)27(30)31/h1-7,14H,8-13H2. The van der Waals surface area contributed by atoms with Gasteiger partial charge in [0.25, 0.3) is 11.6 Å². The van der Waals surface area contributed by atoms with Crippen LogP contribution < -0.4 is 5.01 Å². The lowest BCUT2D eigenvalue weighted by molar-refractivity contribution is -0.385. The number of hydrogen-bond donors (Lipinski definition) is 0. The van der Waals surface area contributed by atoms with Crippen LogP contribution in [0.5, 0.6) is 0 Å². The number of halogens is 1. The minimum atomic E-state index is -3.95. The zero-order chi connectivity index (χ0) is 24.5. The summed E-state index contributed by atoms with van der Waals surface area (Å²) in [4.78, 5) is 37.0. The quantitative estimate of drug-likeness (QED) is 0.452. The van der Waals surface area contributed by atoms with Gasteiger partial charge >= 0.3 is 0 Å². The fourth-order valence-corrected chi connectivity index (χ4v) is 5.30. The predicted octanol–water partition coefficient (Wildman–Crippen LogP) is 2.26. The van der Waals surface area contributed by atoms with E-state index in [2.05, 4.69) is 5.10 Å². The van der Waals surface area contributed by atoms with E-state index in [4.69, 9.17) is 11.6 Å². The summed E-state index contributed by atoms with van der Waals surface area (Å²) in [6.07, 6.45) is 0.308. The first-order valence-electron chi connectivity index (χ1n) is 10.4. The topological polar surface area (TPSA) is 134 Å². The van der Waals surface area contributed by atoms with E-state index in [-0.39, 0.29) is 67.1 Å². The SMILES string of the molecule is O=C(C1=NN(c2ccc(Cl)cc2)C(=O)CC1)N1CCN(S(=O)(=O)c2cccc([N+](=O)[O-])c2)CC1. The number of rotatable bonds is 5. The Morgan fingerprint density at radius 3 is 2.35 bits per heavy atom. The molecule has 2 aromatic rings. The molecule has 34 heavy (non-hydrogen) atoms. The Bertz CT molecular complexity index is 1270. The van der Waals surface area contributed by atoms with Crippen molar-refractivity contribution in [1.29, 1.82) is 0 Å². The lowest BCUT2D eigenvalue weighted by atomic mass is 10.1. The van der Waals surface area contributed by atoms with Crippen LogP contribution in [0.25, 0.3) is 0 Å². The first-order valence-corrected chi connectivity index (χ1v) is 12.2. The Hall–Kier alpha value is -3.35. The van der Waals surface area contributed by atoms with E-state index >= 15 is 0 Å². The van der Waals surface area contributed by atoms with Crippen LogP contribution in [-0.4, -0.2) is 66.3 Å². The van der Waals surface area contributed by atoms with E-state index in [9.17, 15) is 28.1 Å². The van der Waals surface area contributed by atoms with Crippen molar-refractivity contribution < 1.29 is 22.9 Å². The highest BCUT2D eigenvalue weighted by Crippen LogP contribution is 2.24. The Morgan fingerprint density at radius 2 is 1.71 bits per heavy atom. The highest BCUT2D eigenvalue weighted by Gasteiger charge is 2.34. The van der Waals surface area contributed by atoms with Crippen molar-refractivity contribution in [2.45, 2.75) is 17.7 Å². The first kappa shape index (κ1) is 23.8. The highest BCUT2D eigenvalue weighted by molar-refractivity contribution is 7.89. The van der Waals surface area contributed by atoms with Crippen molar-refractivity contribution in [1.82, 2.24) is 9.21 Å². The molecule has 13 heteroatoms. The molecule has 11 nitrogen and oxygen atoms in total. The van der Waals surface area contributed by atoms with Gasteiger partial charge in [0.1, 0.15) is 5.71 Å². The zero-order valence-electron chi connectivity index (χ0n) is 17.8. The third kappa shape index (κ3) is 4.79. The van der Waals surface area contributed by atoms with Crippen LogP contribution in [0.1, 0.15) is 12.8 Å². The van der Waals surface area contributed by atoms with E-state index in [1.165, 1.54) is 32.4 Å². The van der Waals surface area contributed by atoms with Gasteiger partial charge in [0, 0.05) is 56.2 Å². The highest BCUT2D eigenvalue weighted by atomic mass is 35.5. The number of carbonyl (C=O) groups is 2. The Balaban J connectivity index is 1.45. The van der Waals surface area contributed by atoms with Crippen LogP contribution in [-0.2, 0) is 19.6 Å². The van der Waals surface area contributed by atoms with Crippen molar-refractivity contribution >= 4 is 50.5 Å². The number of nitro benzene ring substituents is 1. The summed E-state index contributed by atoms with van der Waals surface area (Å²) in [5.41, 5.74) is 0.391. The summed E-state index contributed by atoms with van der Waals surface area (Å²) in [5, 5.41) is 16.9. The van der Waals surface area contributed by atoms with Crippen molar-refractivity contribution in [2.24, 2.45) is 5.10 Å². The summed E-state index contributed by atoms with van der Waals surface area (Å²) in [7, 11) is -3.95. The van der Waals surface area contributed by atoms with Crippen LogP contribution in [0.15, 0.2) is 58.5 Å². The second-order valence-corrected chi connectivity index (χ2v) is 10.1. The molecule has 0 radical (unpaired) electrons. The minimum Gasteiger partial charge on any atom is -0.335 e. The number of nitro groups is 1. The Morgan fingerprint density at radius 1 is 1.03 bits per heavy atom. The lowest BCUT2D eigenvalue weighted by Crippen LogP contribution is -2.52. The Kier molecular flexibility index (Phi) is 6.64. The van der Waals surface area contributed by atoms with Crippen LogP contribution >= 0.6 is 11.6 Å². The molecule has 178 valence electrons. The molecular weight excluding hydrogens is 486 g/mol. The molecule has 2 aliphatic rings. The van der Waals surface area contributed by atoms with Gasteiger partial charge in [-0.25, -0.2) is 13.4 Å². The van der Waals surface area contributed by atoms with Gasteiger partial charge in [-0.1, -0.05) is 17.7 Å². The summed E-state index contributed by atoms with van der Waals surface area (Å²) >= 11 is 5.90. The normalized spacial score (nSPS) is 17.4. The van der Waals surface area contributed by atoms with Crippen molar-refractivity contribution in [3.05, 3.63) is 63.7 Å². The van der Waals surface area contributed by atoms with Gasteiger partial charge in [-0.3, -0.25) is 19.7 Å². The van der Waals surface area contributed by atoms with Crippen LogP contribution in [0.4, 0.5) is 11.4 Å². The molecule has 0 aliphatic carbocycles. The summed E-state index contributed by atoms with van der Waals surface area (Å²) in [5.74, 6) is -0.606. The van der Waals surface area contributed by atoms with Crippen LogP contribution in [0, 0.1) is 10.1 Å². The molecule has 0 N–H and O–H groups in total. The molecular formula is C21H20ClN5O6S. The third-order valence-electron chi connectivity index (χ3n) is 5.54. The van der Waals surface area contributed by atoms with Gasteiger partial charge in [0.2, 0.25) is 15.9 Å². The predicted molar refractivity (Wildman–Crippen MR) is 124 cm³/mol. The van der Waals surface area contributed by atoms with Gasteiger partial charge in [0.15, 0.2) is 0 Å². The summed E-state index contributed by atoms with van der Waals surface area (Å²) in [6.45, 7) is 0.315. The number of piperazine rings is 1. The van der Waals surface area contributed by atoms with Crippen LogP contribution in [0.3, 0.4) is 0 Å². The van der Waals surface area contributed by atoms with Crippen molar-refractivity contribution in [3.63, 3.8) is 0 Å². The fraction of sp³-hybridized carbons (Fsp3) is 0.286. The second kappa shape index (κ2) is 9.49. The smallest absolute Gasteiger partial charge is 0.270 e. The minimum absolute atomic E-state index is 0.0316. The maximum absolute atomic E-state index is 13.0. The van der Waals surface area contributed by atoms with Gasteiger partial charge in [-0.2, -0.15) is 9.41 Å². The largest absolute Gasteiger partial charge is 0.335 e. The van der Waals surface area contributed by atoms with Gasteiger partial charge in [-0.15, -0.1) is 0 Å². The number of amides is 2. The molecule has 4 rings (SSSR count). The molecule has 1 saturated heterocycles. The van der Waals surface area contributed by atoms with Crippen molar-refractivity contribution in [2.75, 3.05) is 31.2 Å². The summed E-state index contributed by atoms with van der Waals surface area (Å²) < 4.78 is 27.0. The molecule has 2 heterocycles. The maximum atomic E-state index is 13.0. The van der Waals surface area contributed by atoms with Gasteiger partial charge in [0.05, 0.1) is 15.5 Å². The molecule has 0 aromatic heterocycles. The number of benzene rings is 2. The zero-order valence-corrected chi connectivity index (χ0v) is 19.4. The van der Waals surface area contributed by atoms with Crippen LogP contribution in [0.2, 0.25) is 5.02 Å². The Labute approximate surface area is 200 Å². The molecule has 2 amide bonds. The number of carbonyl (C=O) groups excluding carboxylic acids is 2. The third-order valence-corrected chi connectivity index (χ3v) is 7.69. The molecule has 0 spiro atoms. The second-order valence-electron chi connectivity index (χ2n) is 7.68. The molecule has 0 unspecified atom stereocenters. The molecule has 0 saturated carbocycles. The maximum Gasteiger partial charge on any atom is 0.270 e. The van der Waals surface area contributed by atoms with E-state index in [1.54, 1.807) is 24.3 Å². The van der Waals surface area contributed by atoms with E-state index < -0.39 is 14.9 Å². The number of non-ortho nitro benzene ring substituents is 1. The average molecular weight is 506 g/mol. The lowest BCUT2D eigenvalue weighted by Gasteiger charge is -2.34. The first-order chi connectivity index (χ1) is 16.2. The molecule has 0 atom stereocenters. The molecule has 2 aliphatic heterocycles. The summed E-state index contributed by atoms with van der Waals surface area (Å²) in [6, 6.07) is 11.4.